The summed E-state index contributed by atoms with van der Waals surface area (Å²) in [6, 6.07) is 6.71. The third kappa shape index (κ3) is 3.85. The molecule has 19 heavy (non-hydrogen) atoms. The fraction of sp³-hybridized carbons (Fsp3) is 0.167. The fourth-order valence-corrected chi connectivity index (χ4v) is 2.25. The minimum atomic E-state index is -4.34. The molecule has 1 heterocycles. The van der Waals surface area contributed by atoms with Crippen LogP contribution in [0.1, 0.15) is 11.1 Å². The SMILES string of the molecule is O=c1nccc(SCc2cccc(C(F)(F)F)c2)[nH]1. The van der Waals surface area contributed by atoms with Crippen LogP contribution in [0.5, 0.6) is 0 Å². The first-order chi connectivity index (χ1) is 8.95. The van der Waals surface area contributed by atoms with Crippen molar-refractivity contribution < 1.29 is 13.2 Å². The van der Waals surface area contributed by atoms with Crippen LogP contribution >= 0.6 is 11.8 Å². The van der Waals surface area contributed by atoms with E-state index in [2.05, 4.69) is 9.97 Å². The first-order valence-electron chi connectivity index (χ1n) is 5.29. The zero-order valence-corrected chi connectivity index (χ0v) is 10.4. The zero-order valence-electron chi connectivity index (χ0n) is 9.57. The number of benzene rings is 1. The molecule has 0 radical (unpaired) electrons. The molecule has 0 amide bonds. The second-order valence-corrected chi connectivity index (χ2v) is 4.74. The van der Waals surface area contributed by atoms with Gasteiger partial charge < -0.3 is 4.98 Å². The predicted molar refractivity (Wildman–Crippen MR) is 65.9 cm³/mol. The summed E-state index contributed by atoms with van der Waals surface area (Å²) in [5.74, 6) is 0.337. The molecule has 0 saturated heterocycles. The van der Waals surface area contributed by atoms with Crippen molar-refractivity contribution in [3.05, 3.63) is 58.1 Å². The number of rotatable bonds is 3. The third-order valence-corrected chi connectivity index (χ3v) is 3.32. The Kier molecular flexibility index (Phi) is 3.94. The number of nitrogens with one attached hydrogen (secondary N) is 1. The topological polar surface area (TPSA) is 45.8 Å². The Morgan fingerprint density at radius 2 is 2.05 bits per heavy atom. The molecule has 7 heteroatoms. The molecule has 3 nitrogen and oxygen atoms in total. The Hall–Kier alpha value is -1.76. The van der Waals surface area contributed by atoms with Gasteiger partial charge in [-0.15, -0.1) is 11.8 Å². The minimum absolute atomic E-state index is 0.337. The first-order valence-corrected chi connectivity index (χ1v) is 6.28. The summed E-state index contributed by atoms with van der Waals surface area (Å²) in [4.78, 5) is 16.9. The van der Waals surface area contributed by atoms with Gasteiger partial charge in [-0.25, -0.2) is 9.78 Å². The number of hydrogen-bond donors (Lipinski definition) is 1. The van der Waals surface area contributed by atoms with Crippen LogP contribution in [0.2, 0.25) is 0 Å². The lowest BCUT2D eigenvalue weighted by Crippen LogP contribution is -2.09. The molecule has 0 spiro atoms. The van der Waals surface area contributed by atoms with Crippen LogP contribution in [0.3, 0.4) is 0 Å². The van der Waals surface area contributed by atoms with Crippen molar-refractivity contribution in [3.63, 3.8) is 0 Å². The third-order valence-electron chi connectivity index (χ3n) is 2.30. The van der Waals surface area contributed by atoms with E-state index in [1.807, 2.05) is 0 Å². The van der Waals surface area contributed by atoms with E-state index in [1.165, 1.54) is 24.0 Å². The average Bonchev–Trinajstić information content (AvgIpc) is 2.36. The fourth-order valence-electron chi connectivity index (χ4n) is 1.43. The molecule has 1 aromatic carbocycles. The van der Waals surface area contributed by atoms with Crippen molar-refractivity contribution in [2.24, 2.45) is 0 Å². The summed E-state index contributed by atoms with van der Waals surface area (Å²) in [5.41, 5.74) is -0.611. The number of halogens is 3. The summed E-state index contributed by atoms with van der Waals surface area (Å²) >= 11 is 1.24. The van der Waals surface area contributed by atoms with Crippen LogP contribution in [0.25, 0.3) is 0 Å². The van der Waals surface area contributed by atoms with Gasteiger partial charge in [-0.2, -0.15) is 13.2 Å². The van der Waals surface area contributed by atoms with Crippen molar-refractivity contribution in [1.29, 1.82) is 0 Å². The van der Waals surface area contributed by atoms with Crippen molar-refractivity contribution >= 4 is 11.8 Å². The standard InChI is InChI=1S/C12H9F3N2OS/c13-12(14,15)9-3-1-2-8(6-9)7-19-10-4-5-16-11(18)17-10/h1-6H,7H2,(H,16,17,18). The lowest BCUT2D eigenvalue weighted by atomic mass is 10.1. The van der Waals surface area contributed by atoms with Gasteiger partial charge in [0.05, 0.1) is 10.6 Å². The van der Waals surface area contributed by atoms with Crippen LogP contribution < -0.4 is 5.69 Å². The Bertz CT molecular complexity index is 625. The summed E-state index contributed by atoms with van der Waals surface area (Å²) in [6.07, 6.45) is -2.99. The highest BCUT2D eigenvalue weighted by molar-refractivity contribution is 7.98. The maximum Gasteiger partial charge on any atom is 0.416 e. The Labute approximate surface area is 110 Å². The minimum Gasteiger partial charge on any atom is -0.300 e. The molecule has 0 fully saturated rings. The molecule has 2 aromatic rings. The maximum atomic E-state index is 12.5. The first kappa shape index (κ1) is 13.7. The van der Waals surface area contributed by atoms with Crippen LogP contribution in [-0.4, -0.2) is 9.97 Å². The molecule has 0 saturated carbocycles. The largest absolute Gasteiger partial charge is 0.416 e. The van der Waals surface area contributed by atoms with E-state index in [1.54, 1.807) is 12.1 Å². The van der Waals surface area contributed by atoms with Gasteiger partial charge in [0.25, 0.3) is 0 Å². The molecule has 100 valence electrons. The number of hydrogen-bond acceptors (Lipinski definition) is 3. The molecule has 0 bridgehead atoms. The quantitative estimate of drug-likeness (QED) is 0.696. The molecule has 0 unspecified atom stereocenters. The van der Waals surface area contributed by atoms with E-state index in [9.17, 15) is 18.0 Å². The van der Waals surface area contributed by atoms with Crippen LogP contribution in [0.15, 0.2) is 46.3 Å². The number of aromatic amines is 1. The van der Waals surface area contributed by atoms with Crippen molar-refractivity contribution in [1.82, 2.24) is 9.97 Å². The van der Waals surface area contributed by atoms with Crippen molar-refractivity contribution in [2.45, 2.75) is 17.0 Å². The van der Waals surface area contributed by atoms with Crippen LogP contribution in [0.4, 0.5) is 13.2 Å². The van der Waals surface area contributed by atoms with E-state index in [-0.39, 0.29) is 0 Å². The van der Waals surface area contributed by atoms with E-state index in [4.69, 9.17) is 0 Å². The smallest absolute Gasteiger partial charge is 0.300 e. The molecule has 2 rings (SSSR count). The van der Waals surface area contributed by atoms with Gasteiger partial charge in [-0.3, -0.25) is 0 Å². The van der Waals surface area contributed by atoms with E-state index in [0.717, 1.165) is 12.1 Å². The van der Waals surface area contributed by atoms with Gasteiger partial charge in [-0.05, 0) is 17.7 Å². The molecule has 0 aliphatic rings. The van der Waals surface area contributed by atoms with Gasteiger partial charge in [0, 0.05) is 11.9 Å². The molecule has 0 aliphatic carbocycles. The van der Waals surface area contributed by atoms with Crippen molar-refractivity contribution in [3.8, 4) is 0 Å². The monoisotopic (exact) mass is 286 g/mol. The highest BCUT2D eigenvalue weighted by atomic mass is 32.2. The highest BCUT2D eigenvalue weighted by Crippen LogP contribution is 2.30. The summed E-state index contributed by atoms with van der Waals surface area (Å²) < 4.78 is 37.6. The predicted octanol–water partition coefficient (Wildman–Crippen LogP) is 3.08. The van der Waals surface area contributed by atoms with Gasteiger partial charge in [0.15, 0.2) is 0 Å². The number of nitrogens with zero attached hydrogens (tertiary/aromatic N) is 1. The molecular formula is C12H9F3N2OS. The second-order valence-electron chi connectivity index (χ2n) is 3.73. The Morgan fingerprint density at radius 3 is 2.74 bits per heavy atom. The molecule has 0 aliphatic heterocycles. The van der Waals surface area contributed by atoms with Crippen LogP contribution in [-0.2, 0) is 11.9 Å². The normalized spacial score (nSPS) is 11.5. The van der Waals surface area contributed by atoms with E-state index >= 15 is 0 Å². The van der Waals surface area contributed by atoms with Gasteiger partial charge in [-0.1, -0.05) is 18.2 Å². The Balaban J connectivity index is 2.10. The summed E-state index contributed by atoms with van der Waals surface area (Å²) in [6.45, 7) is 0. The van der Waals surface area contributed by atoms with Crippen LogP contribution in [0, 0.1) is 0 Å². The zero-order chi connectivity index (χ0) is 13.9. The molecular weight excluding hydrogens is 277 g/mol. The van der Waals surface area contributed by atoms with Gasteiger partial charge >= 0.3 is 11.9 Å². The molecule has 1 aromatic heterocycles. The average molecular weight is 286 g/mol. The molecule has 1 N–H and O–H groups in total. The lowest BCUT2D eigenvalue weighted by molar-refractivity contribution is -0.137. The van der Waals surface area contributed by atoms with E-state index in [0.29, 0.717) is 16.3 Å². The number of thioether (sulfide) groups is 1. The summed E-state index contributed by atoms with van der Waals surface area (Å²) in [5, 5.41) is 0.567. The number of H-pyrrole nitrogens is 1. The second kappa shape index (κ2) is 5.48. The number of aromatic nitrogens is 2. The maximum absolute atomic E-state index is 12.5. The Morgan fingerprint density at radius 1 is 1.26 bits per heavy atom. The summed E-state index contributed by atoms with van der Waals surface area (Å²) in [7, 11) is 0. The van der Waals surface area contributed by atoms with Gasteiger partial charge in [0.2, 0.25) is 0 Å². The van der Waals surface area contributed by atoms with Crippen molar-refractivity contribution in [2.75, 3.05) is 0 Å². The number of alkyl halides is 3. The van der Waals surface area contributed by atoms with Gasteiger partial charge in [0.1, 0.15) is 0 Å². The molecule has 0 atom stereocenters. The lowest BCUT2D eigenvalue weighted by Gasteiger charge is -2.08. The highest BCUT2D eigenvalue weighted by Gasteiger charge is 2.30. The van der Waals surface area contributed by atoms with E-state index < -0.39 is 17.4 Å².